The number of alkyl halides is 4. The van der Waals surface area contributed by atoms with Crippen LogP contribution in [0, 0.1) is 5.92 Å². The second-order valence-corrected chi connectivity index (χ2v) is 5.35. The van der Waals surface area contributed by atoms with Crippen molar-refractivity contribution in [3.63, 3.8) is 0 Å². The van der Waals surface area contributed by atoms with Crippen LogP contribution in [0.3, 0.4) is 0 Å². The molecule has 1 amide bonds. The topological polar surface area (TPSA) is 46.2 Å². The number of halogens is 4. The molecule has 0 aromatic heterocycles. The van der Waals surface area contributed by atoms with E-state index in [0.717, 1.165) is 6.42 Å². The van der Waals surface area contributed by atoms with Crippen LogP contribution in [0.15, 0.2) is 0 Å². The SMILES string of the molecule is CC1CCCC(NC(=O)C(F)(F)F)(C(=O)CBr)C1. The molecule has 3 nitrogen and oxygen atoms in total. The van der Waals surface area contributed by atoms with Crippen molar-refractivity contribution in [1.29, 1.82) is 0 Å². The van der Waals surface area contributed by atoms with Gasteiger partial charge in [-0.1, -0.05) is 35.7 Å². The smallest absolute Gasteiger partial charge is 0.336 e. The minimum Gasteiger partial charge on any atom is -0.336 e. The number of carbonyl (C=O) groups is 2. The Balaban J connectivity index is 2.92. The predicted octanol–water partition coefficient (Wildman–Crippen LogP) is 2.58. The summed E-state index contributed by atoms with van der Waals surface area (Å²) >= 11 is 2.96. The maximum Gasteiger partial charge on any atom is 0.471 e. The molecule has 1 aliphatic carbocycles. The van der Waals surface area contributed by atoms with E-state index in [1.54, 1.807) is 0 Å². The zero-order valence-electron chi connectivity index (χ0n) is 9.94. The molecule has 1 saturated carbocycles. The van der Waals surface area contributed by atoms with E-state index < -0.39 is 23.4 Å². The first kappa shape index (κ1) is 15.5. The highest BCUT2D eigenvalue weighted by Gasteiger charge is 2.48. The van der Waals surface area contributed by atoms with Gasteiger partial charge >= 0.3 is 12.1 Å². The van der Waals surface area contributed by atoms with Gasteiger partial charge in [0.05, 0.1) is 10.9 Å². The van der Waals surface area contributed by atoms with Crippen LogP contribution < -0.4 is 5.32 Å². The van der Waals surface area contributed by atoms with E-state index >= 15 is 0 Å². The Morgan fingerprint density at radius 1 is 1.44 bits per heavy atom. The molecular formula is C11H15BrF3NO2. The first-order valence-corrected chi connectivity index (χ1v) is 6.82. The van der Waals surface area contributed by atoms with Gasteiger partial charge in [0, 0.05) is 0 Å². The highest BCUT2D eigenvalue weighted by atomic mass is 79.9. The zero-order chi connectivity index (χ0) is 14.0. The van der Waals surface area contributed by atoms with Crippen LogP contribution in [-0.2, 0) is 9.59 Å². The molecule has 0 saturated heterocycles. The summed E-state index contributed by atoms with van der Waals surface area (Å²) in [5.74, 6) is -2.31. The summed E-state index contributed by atoms with van der Waals surface area (Å²) < 4.78 is 36.9. The summed E-state index contributed by atoms with van der Waals surface area (Å²) in [5, 5.41) is 1.85. The average molecular weight is 330 g/mol. The number of hydrogen-bond acceptors (Lipinski definition) is 2. The lowest BCUT2D eigenvalue weighted by Crippen LogP contribution is -2.59. The first-order chi connectivity index (χ1) is 8.21. The van der Waals surface area contributed by atoms with Crippen molar-refractivity contribution >= 4 is 27.6 Å². The van der Waals surface area contributed by atoms with Crippen LogP contribution >= 0.6 is 15.9 Å². The van der Waals surface area contributed by atoms with Crippen molar-refractivity contribution in [3.8, 4) is 0 Å². The van der Waals surface area contributed by atoms with Crippen molar-refractivity contribution < 1.29 is 22.8 Å². The second kappa shape index (κ2) is 5.59. The van der Waals surface area contributed by atoms with Gasteiger partial charge in [0.2, 0.25) is 0 Å². The molecule has 0 bridgehead atoms. The van der Waals surface area contributed by atoms with E-state index in [2.05, 4.69) is 15.9 Å². The fourth-order valence-electron chi connectivity index (χ4n) is 2.40. The van der Waals surface area contributed by atoms with Gasteiger partial charge in [0.15, 0.2) is 5.78 Å². The van der Waals surface area contributed by atoms with Crippen molar-refractivity contribution in [3.05, 3.63) is 0 Å². The molecule has 0 spiro atoms. The molecule has 0 aliphatic heterocycles. The quantitative estimate of drug-likeness (QED) is 0.809. The number of rotatable bonds is 3. The van der Waals surface area contributed by atoms with Crippen LogP contribution in [0.4, 0.5) is 13.2 Å². The van der Waals surface area contributed by atoms with E-state index in [1.807, 2.05) is 12.2 Å². The van der Waals surface area contributed by atoms with Crippen molar-refractivity contribution in [2.75, 3.05) is 5.33 Å². The molecule has 0 radical (unpaired) electrons. The Morgan fingerprint density at radius 3 is 2.50 bits per heavy atom. The molecule has 1 rings (SSSR count). The Labute approximate surface area is 112 Å². The molecule has 104 valence electrons. The molecule has 0 aromatic rings. The summed E-state index contributed by atoms with van der Waals surface area (Å²) in [7, 11) is 0. The normalized spacial score (nSPS) is 28.8. The Hall–Kier alpha value is -0.590. The monoisotopic (exact) mass is 329 g/mol. The first-order valence-electron chi connectivity index (χ1n) is 5.70. The largest absolute Gasteiger partial charge is 0.471 e. The molecule has 0 heterocycles. The lowest BCUT2D eigenvalue weighted by atomic mass is 9.74. The fourth-order valence-corrected chi connectivity index (χ4v) is 2.94. The summed E-state index contributed by atoms with van der Waals surface area (Å²) in [5.41, 5.74) is -1.37. The molecule has 2 atom stereocenters. The van der Waals surface area contributed by atoms with Gasteiger partial charge < -0.3 is 5.32 Å². The van der Waals surface area contributed by atoms with Crippen LogP contribution in [0.1, 0.15) is 32.6 Å². The standard InChI is InChI=1S/C11H15BrF3NO2/c1-7-3-2-4-10(5-7,8(17)6-12)16-9(18)11(13,14)15/h7H,2-6H2,1H3,(H,16,18). The van der Waals surface area contributed by atoms with Crippen molar-refractivity contribution in [1.82, 2.24) is 5.32 Å². The van der Waals surface area contributed by atoms with E-state index in [4.69, 9.17) is 0 Å². The second-order valence-electron chi connectivity index (χ2n) is 4.79. The third-order valence-electron chi connectivity index (χ3n) is 3.26. The van der Waals surface area contributed by atoms with E-state index in [0.29, 0.717) is 6.42 Å². The van der Waals surface area contributed by atoms with Gasteiger partial charge in [-0.3, -0.25) is 9.59 Å². The lowest BCUT2D eigenvalue weighted by molar-refractivity contribution is -0.176. The molecule has 1 aliphatic rings. The number of Topliss-reactive ketones (excluding diaryl/α,β-unsaturated/α-hetero) is 1. The fraction of sp³-hybridized carbons (Fsp3) is 0.818. The lowest BCUT2D eigenvalue weighted by Gasteiger charge is -2.39. The third-order valence-corrected chi connectivity index (χ3v) is 3.77. The van der Waals surface area contributed by atoms with E-state index in [9.17, 15) is 22.8 Å². The van der Waals surface area contributed by atoms with Crippen LogP contribution in [0.2, 0.25) is 0 Å². The van der Waals surface area contributed by atoms with Gasteiger partial charge in [-0.15, -0.1) is 0 Å². The molecule has 2 unspecified atom stereocenters. The van der Waals surface area contributed by atoms with E-state index in [1.165, 1.54) is 0 Å². The molecule has 7 heteroatoms. The molecule has 1 N–H and O–H groups in total. The highest BCUT2D eigenvalue weighted by Crippen LogP contribution is 2.34. The van der Waals surface area contributed by atoms with Gasteiger partial charge in [0.1, 0.15) is 0 Å². The van der Waals surface area contributed by atoms with Gasteiger partial charge in [0.25, 0.3) is 0 Å². The van der Waals surface area contributed by atoms with Crippen LogP contribution in [-0.4, -0.2) is 28.7 Å². The summed E-state index contributed by atoms with van der Waals surface area (Å²) in [6.45, 7) is 1.87. The Morgan fingerprint density at radius 2 is 2.06 bits per heavy atom. The molecule has 0 aromatic carbocycles. The van der Waals surface area contributed by atoms with Gasteiger partial charge in [-0.2, -0.15) is 13.2 Å². The number of amides is 1. The van der Waals surface area contributed by atoms with Crippen LogP contribution in [0.5, 0.6) is 0 Å². The predicted molar refractivity (Wildman–Crippen MR) is 63.4 cm³/mol. The van der Waals surface area contributed by atoms with Crippen molar-refractivity contribution in [2.45, 2.75) is 44.3 Å². The van der Waals surface area contributed by atoms with Gasteiger partial charge in [-0.05, 0) is 18.8 Å². The van der Waals surface area contributed by atoms with E-state index in [-0.39, 0.29) is 24.1 Å². The third kappa shape index (κ3) is 3.46. The van der Waals surface area contributed by atoms with Crippen LogP contribution in [0.25, 0.3) is 0 Å². The molecular weight excluding hydrogens is 315 g/mol. The number of nitrogens with one attached hydrogen (secondary N) is 1. The van der Waals surface area contributed by atoms with Gasteiger partial charge in [-0.25, -0.2) is 0 Å². The maximum atomic E-state index is 12.3. The molecule has 18 heavy (non-hydrogen) atoms. The van der Waals surface area contributed by atoms with Crippen molar-refractivity contribution in [2.24, 2.45) is 5.92 Å². The summed E-state index contributed by atoms with van der Waals surface area (Å²) in [6.07, 6.45) is -2.93. The highest BCUT2D eigenvalue weighted by molar-refractivity contribution is 9.09. The maximum absolute atomic E-state index is 12.3. The zero-order valence-corrected chi connectivity index (χ0v) is 11.5. The number of carbonyl (C=O) groups excluding carboxylic acids is 2. The summed E-state index contributed by atoms with van der Waals surface area (Å²) in [6, 6.07) is 0. The minimum absolute atomic E-state index is 0.0577. The average Bonchev–Trinajstić information content (AvgIpc) is 2.26. The Bertz CT molecular complexity index is 344. The summed E-state index contributed by atoms with van der Waals surface area (Å²) in [4.78, 5) is 22.9. The number of hydrogen-bond donors (Lipinski definition) is 1. The Kier molecular flexibility index (Phi) is 4.80. The minimum atomic E-state index is -4.96. The number of ketones is 1. The molecule has 1 fully saturated rings.